The monoisotopic (exact) mass is 547 g/mol. The Balaban J connectivity index is 1.55. The quantitative estimate of drug-likeness (QED) is 0.219. The van der Waals surface area contributed by atoms with Crippen LogP contribution in [0.25, 0.3) is 34.0 Å². The minimum Gasteiger partial charge on any atom is -0.493 e. The molecule has 0 N–H and O–H groups in total. The minimum absolute atomic E-state index is 0.171. The first-order chi connectivity index (χ1) is 19.1. The van der Waals surface area contributed by atoms with Crippen LogP contribution in [0.3, 0.4) is 0 Å². The van der Waals surface area contributed by atoms with Crippen molar-refractivity contribution >= 4 is 5.97 Å². The first kappa shape index (κ1) is 28.9. The topological polar surface area (TPSA) is 86.9 Å². The summed E-state index contributed by atoms with van der Waals surface area (Å²) in [4.78, 5) is 18.7. The lowest BCUT2D eigenvalue weighted by Crippen LogP contribution is -2.32. The van der Waals surface area contributed by atoms with Crippen LogP contribution in [0.2, 0.25) is 0 Å². The SMILES string of the molecule is COCc1cc(-c2nc(-c3cccc(CN(C)CC(=O)OC(C)(C)C)c3)no2)ccc1-c1cccc(F)c1OC. The summed E-state index contributed by atoms with van der Waals surface area (Å²) in [6.45, 7) is 6.56. The molecule has 8 nitrogen and oxygen atoms in total. The van der Waals surface area contributed by atoms with Gasteiger partial charge in [0.05, 0.1) is 20.3 Å². The van der Waals surface area contributed by atoms with Crippen molar-refractivity contribution in [1.29, 1.82) is 0 Å². The second kappa shape index (κ2) is 12.4. The molecule has 4 aromatic rings. The van der Waals surface area contributed by atoms with Crippen LogP contribution in [0.4, 0.5) is 4.39 Å². The number of carbonyl (C=O) groups is 1. The number of para-hydroxylation sites is 1. The van der Waals surface area contributed by atoms with Crippen molar-refractivity contribution in [2.24, 2.45) is 0 Å². The van der Waals surface area contributed by atoms with Crippen LogP contribution in [0.15, 0.2) is 65.2 Å². The Kier molecular flexibility index (Phi) is 8.96. The van der Waals surface area contributed by atoms with E-state index in [-0.39, 0.29) is 18.3 Å². The highest BCUT2D eigenvalue weighted by Crippen LogP contribution is 2.36. The van der Waals surface area contributed by atoms with Gasteiger partial charge in [-0.1, -0.05) is 41.6 Å². The third-order valence-corrected chi connectivity index (χ3v) is 6.00. The van der Waals surface area contributed by atoms with E-state index in [1.54, 1.807) is 19.2 Å². The molecule has 40 heavy (non-hydrogen) atoms. The zero-order valence-electron chi connectivity index (χ0n) is 23.7. The molecule has 1 heterocycles. The van der Waals surface area contributed by atoms with E-state index < -0.39 is 11.4 Å². The third kappa shape index (κ3) is 7.11. The normalized spacial score (nSPS) is 11.6. The van der Waals surface area contributed by atoms with E-state index in [4.69, 9.17) is 18.7 Å². The van der Waals surface area contributed by atoms with Gasteiger partial charge in [-0.05, 0) is 68.8 Å². The van der Waals surface area contributed by atoms with Gasteiger partial charge < -0.3 is 18.7 Å². The molecule has 0 bridgehead atoms. The van der Waals surface area contributed by atoms with Crippen molar-refractivity contribution in [3.8, 4) is 39.7 Å². The largest absolute Gasteiger partial charge is 0.493 e. The number of nitrogens with zero attached hydrogens (tertiary/aromatic N) is 3. The molecule has 0 radical (unpaired) electrons. The Hall–Kier alpha value is -4.08. The van der Waals surface area contributed by atoms with Gasteiger partial charge in [0.25, 0.3) is 5.89 Å². The molecule has 1 aromatic heterocycles. The van der Waals surface area contributed by atoms with E-state index in [9.17, 15) is 9.18 Å². The van der Waals surface area contributed by atoms with Gasteiger partial charge >= 0.3 is 5.97 Å². The van der Waals surface area contributed by atoms with Gasteiger partial charge in [0.2, 0.25) is 5.82 Å². The Morgan fingerprint density at radius 2 is 1.77 bits per heavy atom. The molecule has 0 spiro atoms. The van der Waals surface area contributed by atoms with Crippen molar-refractivity contribution < 1.29 is 27.9 Å². The van der Waals surface area contributed by atoms with Gasteiger partial charge in [-0.15, -0.1) is 0 Å². The van der Waals surface area contributed by atoms with Crippen molar-refractivity contribution in [1.82, 2.24) is 15.0 Å². The molecule has 3 aromatic carbocycles. The molecule has 210 valence electrons. The number of rotatable bonds is 10. The fourth-order valence-corrected chi connectivity index (χ4v) is 4.42. The number of esters is 1. The fraction of sp³-hybridized carbons (Fsp3) is 0.323. The van der Waals surface area contributed by atoms with Gasteiger partial charge in [-0.2, -0.15) is 4.98 Å². The van der Waals surface area contributed by atoms with Crippen LogP contribution in [-0.2, 0) is 27.4 Å². The van der Waals surface area contributed by atoms with Crippen molar-refractivity contribution in [3.63, 3.8) is 0 Å². The molecule has 4 rings (SSSR count). The molecular formula is C31H34FN3O5. The molecule has 0 saturated heterocycles. The van der Waals surface area contributed by atoms with Gasteiger partial charge in [0.1, 0.15) is 5.60 Å². The number of ether oxygens (including phenoxy) is 3. The van der Waals surface area contributed by atoms with E-state index in [1.165, 1.54) is 13.2 Å². The number of benzene rings is 3. The van der Waals surface area contributed by atoms with Crippen molar-refractivity contribution in [2.75, 3.05) is 27.8 Å². The van der Waals surface area contributed by atoms with Crippen LogP contribution >= 0.6 is 0 Å². The molecule has 0 saturated carbocycles. The Morgan fingerprint density at radius 1 is 1.00 bits per heavy atom. The van der Waals surface area contributed by atoms with Gasteiger partial charge in [-0.25, -0.2) is 4.39 Å². The first-order valence-corrected chi connectivity index (χ1v) is 12.9. The predicted octanol–water partition coefficient (Wildman–Crippen LogP) is 6.14. The Bertz CT molecular complexity index is 1480. The standard InChI is InChI=1S/C31H34FN3O5/c1-31(2,3)39-27(36)18-35(4)17-20-9-7-10-21(15-20)29-33-30(40-34-29)22-13-14-24(23(16-22)19-37-5)25-11-8-12-26(32)28(25)38-6/h7-16H,17-19H2,1-6H3. The molecule has 0 amide bonds. The van der Waals surface area contributed by atoms with E-state index in [2.05, 4.69) is 10.1 Å². The number of hydrogen-bond acceptors (Lipinski definition) is 8. The van der Waals surface area contributed by atoms with Gasteiger partial charge in [0, 0.05) is 30.3 Å². The highest BCUT2D eigenvalue weighted by Gasteiger charge is 2.19. The number of carbonyl (C=O) groups excluding carboxylic acids is 1. The van der Waals surface area contributed by atoms with E-state index in [1.807, 2.05) is 75.2 Å². The summed E-state index contributed by atoms with van der Waals surface area (Å²) in [5.41, 5.74) is 4.19. The number of halogens is 1. The first-order valence-electron chi connectivity index (χ1n) is 12.9. The zero-order chi connectivity index (χ0) is 28.9. The summed E-state index contributed by atoms with van der Waals surface area (Å²) in [7, 11) is 4.91. The smallest absolute Gasteiger partial charge is 0.320 e. The van der Waals surface area contributed by atoms with Crippen LogP contribution in [0.5, 0.6) is 5.75 Å². The van der Waals surface area contributed by atoms with Crippen LogP contribution < -0.4 is 4.74 Å². The van der Waals surface area contributed by atoms with Crippen molar-refractivity contribution in [2.45, 2.75) is 39.5 Å². The Morgan fingerprint density at radius 3 is 2.50 bits per heavy atom. The maximum absolute atomic E-state index is 14.4. The molecule has 0 aliphatic heterocycles. The summed E-state index contributed by atoms with van der Waals surface area (Å²) in [6.07, 6.45) is 0. The lowest BCUT2D eigenvalue weighted by molar-refractivity contribution is -0.155. The lowest BCUT2D eigenvalue weighted by Gasteiger charge is -2.22. The zero-order valence-corrected chi connectivity index (χ0v) is 23.7. The lowest BCUT2D eigenvalue weighted by atomic mass is 9.96. The summed E-state index contributed by atoms with van der Waals surface area (Å²) < 4.78 is 36.1. The molecule has 0 fully saturated rings. The highest BCUT2D eigenvalue weighted by molar-refractivity contribution is 5.76. The molecular weight excluding hydrogens is 513 g/mol. The maximum atomic E-state index is 14.4. The molecule has 0 aliphatic carbocycles. The molecule has 9 heteroatoms. The van der Waals surface area contributed by atoms with Crippen LogP contribution in [0, 0.1) is 5.82 Å². The van der Waals surface area contributed by atoms with E-state index >= 15 is 0 Å². The second-order valence-electron chi connectivity index (χ2n) is 10.5. The van der Waals surface area contributed by atoms with Gasteiger partial charge in [0.15, 0.2) is 11.6 Å². The van der Waals surface area contributed by atoms with Crippen molar-refractivity contribution in [3.05, 3.63) is 77.6 Å². The maximum Gasteiger partial charge on any atom is 0.320 e. The molecule has 0 unspecified atom stereocenters. The van der Waals surface area contributed by atoms with Gasteiger partial charge in [-0.3, -0.25) is 9.69 Å². The number of methoxy groups -OCH3 is 2. The van der Waals surface area contributed by atoms with Crippen LogP contribution in [0.1, 0.15) is 31.9 Å². The summed E-state index contributed by atoms with van der Waals surface area (Å²) in [6, 6.07) is 18.2. The predicted molar refractivity (Wildman–Crippen MR) is 150 cm³/mol. The minimum atomic E-state index is -0.523. The summed E-state index contributed by atoms with van der Waals surface area (Å²) >= 11 is 0. The summed E-state index contributed by atoms with van der Waals surface area (Å²) in [5, 5.41) is 4.19. The Labute approximate surface area is 233 Å². The average Bonchev–Trinajstić information content (AvgIpc) is 3.38. The number of hydrogen-bond donors (Lipinski definition) is 0. The van der Waals surface area contributed by atoms with Crippen LogP contribution in [-0.4, -0.2) is 54.4 Å². The summed E-state index contributed by atoms with van der Waals surface area (Å²) in [5.74, 6) is 0.244. The molecule has 0 aliphatic rings. The second-order valence-corrected chi connectivity index (χ2v) is 10.5. The van der Waals surface area contributed by atoms with E-state index in [0.29, 0.717) is 36.0 Å². The molecule has 0 atom stereocenters. The fourth-order valence-electron chi connectivity index (χ4n) is 4.42. The number of likely N-dealkylation sites (N-methyl/N-ethyl adjacent to an activating group) is 1. The third-order valence-electron chi connectivity index (χ3n) is 6.00. The highest BCUT2D eigenvalue weighted by atomic mass is 19.1. The van der Waals surface area contributed by atoms with E-state index in [0.717, 1.165) is 22.3 Å². The number of aromatic nitrogens is 2. The average molecular weight is 548 g/mol.